The fourth-order valence-electron chi connectivity index (χ4n) is 3.32. The van der Waals surface area contributed by atoms with Gasteiger partial charge in [-0.3, -0.25) is 10.1 Å². The molecule has 0 aliphatic carbocycles. The fraction of sp³-hybridized carbons (Fsp3) is 0.364. The molecule has 0 aromatic heterocycles. The summed E-state index contributed by atoms with van der Waals surface area (Å²) in [5.74, 6) is 0.583. The highest BCUT2D eigenvalue weighted by atomic mass is 32.1. The monoisotopic (exact) mass is 381 g/mol. The molecule has 0 atom stereocenters. The summed E-state index contributed by atoms with van der Waals surface area (Å²) in [5, 5.41) is 6.31. The summed E-state index contributed by atoms with van der Waals surface area (Å²) in [7, 11) is 0. The van der Waals surface area contributed by atoms with Crippen LogP contribution >= 0.6 is 12.2 Å². The van der Waals surface area contributed by atoms with Crippen molar-refractivity contribution in [1.82, 2.24) is 5.32 Å². The minimum Gasteiger partial charge on any atom is -0.370 e. The molecule has 0 saturated carbocycles. The van der Waals surface area contributed by atoms with Gasteiger partial charge in [0.05, 0.1) is 11.4 Å². The number of carbonyl (C=O) groups excluding carboxylic acids is 1. The molecule has 1 aliphatic heterocycles. The molecule has 0 unspecified atom stereocenters. The Hall–Kier alpha value is -2.40. The molecule has 1 amide bonds. The average Bonchev–Trinajstić information content (AvgIpc) is 2.65. The Labute approximate surface area is 167 Å². The molecule has 1 heterocycles. The molecule has 4 nitrogen and oxygen atoms in total. The van der Waals surface area contributed by atoms with Gasteiger partial charge in [-0.15, -0.1) is 0 Å². The van der Waals surface area contributed by atoms with E-state index in [1.165, 1.54) is 12.8 Å². The number of benzene rings is 2. The van der Waals surface area contributed by atoms with Gasteiger partial charge in [0.25, 0.3) is 5.91 Å². The molecular weight excluding hydrogens is 354 g/mol. The molecule has 0 spiro atoms. The topological polar surface area (TPSA) is 44.4 Å². The maximum Gasteiger partial charge on any atom is 0.257 e. The van der Waals surface area contributed by atoms with Gasteiger partial charge in [0.2, 0.25) is 0 Å². The van der Waals surface area contributed by atoms with Crippen molar-refractivity contribution in [3.63, 3.8) is 0 Å². The first kappa shape index (κ1) is 19.4. The summed E-state index contributed by atoms with van der Waals surface area (Å²) in [5.41, 5.74) is 4.92. The van der Waals surface area contributed by atoms with Gasteiger partial charge < -0.3 is 10.2 Å². The second kappa shape index (κ2) is 8.53. The Morgan fingerprint density at radius 2 is 1.78 bits per heavy atom. The first-order valence-corrected chi connectivity index (χ1v) is 9.88. The van der Waals surface area contributed by atoms with Crippen molar-refractivity contribution in [2.75, 3.05) is 23.3 Å². The fourth-order valence-corrected chi connectivity index (χ4v) is 3.52. The summed E-state index contributed by atoms with van der Waals surface area (Å²) in [6.07, 6.45) is 2.39. The normalized spacial score (nSPS) is 14.7. The number of nitrogens with one attached hydrogen (secondary N) is 2. The number of nitrogens with zero attached hydrogens (tertiary/aromatic N) is 1. The van der Waals surface area contributed by atoms with Crippen LogP contribution in [0.3, 0.4) is 0 Å². The second-order valence-corrected chi connectivity index (χ2v) is 7.80. The third-order valence-electron chi connectivity index (χ3n) is 5.27. The van der Waals surface area contributed by atoms with E-state index < -0.39 is 0 Å². The molecule has 1 fully saturated rings. The van der Waals surface area contributed by atoms with E-state index in [4.69, 9.17) is 12.2 Å². The lowest BCUT2D eigenvalue weighted by atomic mass is 9.98. The van der Waals surface area contributed by atoms with Crippen LogP contribution in [0.4, 0.5) is 11.4 Å². The van der Waals surface area contributed by atoms with E-state index >= 15 is 0 Å². The Morgan fingerprint density at radius 1 is 1.07 bits per heavy atom. The summed E-state index contributed by atoms with van der Waals surface area (Å²) in [6.45, 7) is 8.42. The van der Waals surface area contributed by atoms with Crippen molar-refractivity contribution in [3.05, 3.63) is 59.2 Å². The Kier molecular flexibility index (Phi) is 6.11. The number of amides is 1. The summed E-state index contributed by atoms with van der Waals surface area (Å²) < 4.78 is 0. The van der Waals surface area contributed by atoms with E-state index in [-0.39, 0.29) is 5.91 Å². The summed E-state index contributed by atoms with van der Waals surface area (Å²) in [6, 6.07) is 13.8. The third kappa shape index (κ3) is 4.86. The third-order valence-corrected chi connectivity index (χ3v) is 5.48. The molecule has 2 aromatic rings. The van der Waals surface area contributed by atoms with Crippen molar-refractivity contribution in [3.8, 4) is 0 Å². The van der Waals surface area contributed by atoms with Crippen molar-refractivity contribution in [2.24, 2.45) is 5.92 Å². The van der Waals surface area contributed by atoms with Gasteiger partial charge in [-0.1, -0.05) is 25.1 Å². The Balaban J connectivity index is 1.67. The van der Waals surface area contributed by atoms with Crippen LogP contribution in [-0.2, 0) is 0 Å². The predicted molar refractivity (Wildman–Crippen MR) is 117 cm³/mol. The smallest absolute Gasteiger partial charge is 0.257 e. The van der Waals surface area contributed by atoms with Crippen LogP contribution in [0.1, 0.15) is 41.3 Å². The number of rotatable bonds is 3. The zero-order valence-electron chi connectivity index (χ0n) is 16.2. The van der Waals surface area contributed by atoms with Gasteiger partial charge in [0.1, 0.15) is 0 Å². The van der Waals surface area contributed by atoms with E-state index in [0.717, 1.165) is 41.5 Å². The van der Waals surface area contributed by atoms with Crippen molar-refractivity contribution >= 4 is 34.6 Å². The van der Waals surface area contributed by atoms with Gasteiger partial charge in [0.15, 0.2) is 5.11 Å². The van der Waals surface area contributed by atoms with E-state index in [2.05, 4.69) is 28.5 Å². The Bertz CT molecular complexity index is 841. The molecule has 0 radical (unpaired) electrons. The average molecular weight is 382 g/mol. The largest absolute Gasteiger partial charge is 0.370 e. The van der Waals surface area contributed by atoms with E-state index in [9.17, 15) is 4.79 Å². The number of hydrogen-bond donors (Lipinski definition) is 2. The second-order valence-electron chi connectivity index (χ2n) is 7.39. The van der Waals surface area contributed by atoms with E-state index in [1.54, 1.807) is 0 Å². The number of thiocarbonyl (C=S) groups is 1. The molecule has 3 rings (SSSR count). The highest BCUT2D eigenvalue weighted by Gasteiger charge is 2.19. The van der Waals surface area contributed by atoms with Crippen LogP contribution in [0.2, 0.25) is 0 Å². The van der Waals surface area contributed by atoms with E-state index in [1.807, 2.05) is 50.2 Å². The van der Waals surface area contributed by atoms with Crippen LogP contribution in [-0.4, -0.2) is 24.1 Å². The first-order chi connectivity index (χ1) is 12.9. The van der Waals surface area contributed by atoms with Crippen LogP contribution in [0.25, 0.3) is 0 Å². The quantitative estimate of drug-likeness (QED) is 0.759. The number of hydrogen-bond acceptors (Lipinski definition) is 3. The van der Waals surface area contributed by atoms with Crippen LogP contribution in [0.15, 0.2) is 42.5 Å². The number of piperidine rings is 1. The summed E-state index contributed by atoms with van der Waals surface area (Å²) >= 11 is 5.39. The Morgan fingerprint density at radius 3 is 2.48 bits per heavy atom. The summed E-state index contributed by atoms with van der Waals surface area (Å²) in [4.78, 5) is 14.9. The predicted octanol–water partition coefficient (Wildman–Crippen LogP) is 4.67. The zero-order valence-corrected chi connectivity index (χ0v) is 17.0. The van der Waals surface area contributed by atoms with E-state index in [0.29, 0.717) is 10.7 Å². The minimum absolute atomic E-state index is 0.195. The highest BCUT2D eigenvalue weighted by Crippen LogP contribution is 2.29. The molecule has 1 saturated heterocycles. The molecule has 5 heteroatoms. The minimum atomic E-state index is -0.195. The van der Waals surface area contributed by atoms with Gasteiger partial charge in [-0.05, 0) is 80.2 Å². The molecular formula is C22H27N3OS. The maximum absolute atomic E-state index is 12.5. The molecule has 2 aromatic carbocycles. The molecule has 27 heavy (non-hydrogen) atoms. The van der Waals surface area contributed by atoms with Gasteiger partial charge in [-0.2, -0.15) is 0 Å². The lowest BCUT2D eigenvalue weighted by molar-refractivity contribution is 0.0977. The lowest BCUT2D eigenvalue weighted by Crippen LogP contribution is -2.36. The molecule has 1 aliphatic rings. The number of aryl methyl sites for hydroxylation is 2. The lowest BCUT2D eigenvalue weighted by Gasteiger charge is -2.33. The number of carbonyl (C=O) groups is 1. The maximum atomic E-state index is 12.5. The van der Waals surface area contributed by atoms with Crippen LogP contribution in [0, 0.1) is 19.8 Å². The molecule has 2 N–H and O–H groups in total. The standard InChI is InChI=1S/C22H27N3OS/c1-15-10-12-25(13-11-15)20-7-5-4-6-19(20)23-22(27)24-21(26)18-9-8-16(2)17(3)14-18/h4-9,14-15H,10-13H2,1-3H3,(H2,23,24,26,27). The number of para-hydroxylation sites is 2. The van der Waals surface area contributed by atoms with Gasteiger partial charge in [-0.25, -0.2) is 0 Å². The van der Waals surface area contributed by atoms with Crippen LogP contribution in [0.5, 0.6) is 0 Å². The van der Waals surface area contributed by atoms with Crippen molar-refractivity contribution in [2.45, 2.75) is 33.6 Å². The van der Waals surface area contributed by atoms with Crippen molar-refractivity contribution in [1.29, 1.82) is 0 Å². The first-order valence-electron chi connectivity index (χ1n) is 9.47. The van der Waals surface area contributed by atoms with Crippen LogP contribution < -0.4 is 15.5 Å². The van der Waals surface area contributed by atoms with Gasteiger partial charge >= 0.3 is 0 Å². The van der Waals surface area contributed by atoms with Crippen molar-refractivity contribution < 1.29 is 4.79 Å². The molecule has 0 bridgehead atoms. The number of anilines is 2. The molecule has 142 valence electrons. The zero-order chi connectivity index (χ0) is 19.4. The highest BCUT2D eigenvalue weighted by molar-refractivity contribution is 7.80. The van der Waals surface area contributed by atoms with Gasteiger partial charge in [0, 0.05) is 18.7 Å². The SMILES string of the molecule is Cc1ccc(C(=O)NC(=S)Nc2ccccc2N2CCC(C)CC2)cc1C.